The number of nitrogens with zero attached hydrogens (tertiary/aromatic N) is 1. The Morgan fingerprint density at radius 2 is 2.00 bits per heavy atom. The predicted octanol–water partition coefficient (Wildman–Crippen LogP) is 3.07. The van der Waals surface area contributed by atoms with Crippen molar-refractivity contribution in [2.24, 2.45) is 0 Å². The number of fused-ring (bicyclic) bond motifs is 1. The van der Waals surface area contributed by atoms with Crippen molar-refractivity contribution in [1.82, 2.24) is 4.90 Å². The molecule has 0 aliphatic carbocycles. The van der Waals surface area contributed by atoms with Crippen LogP contribution in [0.15, 0.2) is 22.7 Å². The van der Waals surface area contributed by atoms with Crippen LogP contribution in [0.4, 0.5) is 0 Å². The highest BCUT2D eigenvalue weighted by atomic mass is 79.9. The molecule has 0 aromatic heterocycles. The fourth-order valence-corrected chi connectivity index (χ4v) is 2.95. The average Bonchev–Trinajstić information content (AvgIpc) is 2.39. The number of ether oxygens (including phenoxy) is 2. The zero-order chi connectivity index (χ0) is 12.4. The van der Waals surface area contributed by atoms with Crippen LogP contribution in [0.2, 0.25) is 0 Å². The molecule has 4 heteroatoms. The Kier molecular flexibility index (Phi) is 3.75. The van der Waals surface area contributed by atoms with Gasteiger partial charge in [-0.25, -0.2) is 0 Å². The van der Waals surface area contributed by atoms with Gasteiger partial charge in [0, 0.05) is 11.0 Å². The normalized spacial score (nSPS) is 23.9. The van der Waals surface area contributed by atoms with Gasteiger partial charge in [-0.2, -0.15) is 0 Å². The second-order valence-corrected chi connectivity index (χ2v) is 5.92. The monoisotopic (exact) mass is 311 g/mol. The van der Waals surface area contributed by atoms with Gasteiger partial charge in [0.05, 0.1) is 0 Å². The van der Waals surface area contributed by atoms with Gasteiger partial charge in [0.25, 0.3) is 0 Å². The van der Waals surface area contributed by atoms with Crippen LogP contribution in [0.3, 0.4) is 0 Å². The van der Waals surface area contributed by atoms with E-state index in [4.69, 9.17) is 9.47 Å². The largest absolute Gasteiger partial charge is 0.486 e. The molecule has 0 N–H and O–H groups in total. The molecule has 0 amide bonds. The third-order valence-electron chi connectivity index (χ3n) is 3.53. The number of hydrogen-bond acceptors (Lipinski definition) is 3. The molecular formula is C14H18BrNO2. The maximum atomic E-state index is 6.02. The topological polar surface area (TPSA) is 21.7 Å². The van der Waals surface area contributed by atoms with Crippen molar-refractivity contribution in [3.63, 3.8) is 0 Å². The maximum absolute atomic E-state index is 6.02. The summed E-state index contributed by atoms with van der Waals surface area (Å²) in [5, 5.41) is 0. The van der Waals surface area contributed by atoms with Gasteiger partial charge in [-0.1, -0.05) is 22.4 Å². The summed E-state index contributed by atoms with van der Waals surface area (Å²) in [6, 6.07) is 5.92. The fourth-order valence-electron chi connectivity index (χ4n) is 2.61. The van der Waals surface area contributed by atoms with Crippen LogP contribution in [-0.4, -0.2) is 37.2 Å². The number of piperidine rings is 1. The van der Waals surface area contributed by atoms with Gasteiger partial charge >= 0.3 is 0 Å². The van der Waals surface area contributed by atoms with Crippen molar-refractivity contribution in [3.8, 4) is 11.5 Å². The van der Waals surface area contributed by atoms with Crippen LogP contribution in [0, 0.1) is 0 Å². The zero-order valence-electron chi connectivity index (χ0n) is 10.4. The quantitative estimate of drug-likeness (QED) is 0.838. The highest BCUT2D eigenvalue weighted by molar-refractivity contribution is 9.10. The second-order valence-electron chi connectivity index (χ2n) is 5.00. The summed E-state index contributed by atoms with van der Waals surface area (Å²) in [7, 11) is 0. The van der Waals surface area contributed by atoms with E-state index in [2.05, 4.69) is 20.8 Å². The van der Waals surface area contributed by atoms with Gasteiger partial charge in [0.2, 0.25) is 0 Å². The number of hydrogen-bond donors (Lipinski definition) is 0. The lowest BCUT2D eigenvalue weighted by Gasteiger charge is -2.33. The van der Waals surface area contributed by atoms with Crippen LogP contribution in [0.5, 0.6) is 11.5 Å². The molecule has 1 atom stereocenters. The van der Waals surface area contributed by atoms with Gasteiger partial charge in [0.15, 0.2) is 11.5 Å². The summed E-state index contributed by atoms with van der Waals surface area (Å²) < 4.78 is 12.8. The molecule has 1 saturated heterocycles. The number of likely N-dealkylation sites (tertiary alicyclic amines) is 1. The Hall–Kier alpha value is -0.740. The first-order valence-electron chi connectivity index (χ1n) is 6.62. The molecule has 0 radical (unpaired) electrons. The van der Waals surface area contributed by atoms with E-state index in [1.54, 1.807) is 0 Å². The average molecular weight is 312 g/mol. The van der Waals surface area contributed by atoms with E-state index < -0.39 is 0 Å². The smallest absolute Gasteiger partial charge is 0.162 e. The Labute approximate surface area is 116 Å². The van der Waals surface area contributed by atoms with E-state index in [0.717, 1.165) is 22.5 Å². The van der Waals surface area contributed by atoms with Crippen LogP contribution in [0.1, 0.15) is 19.3 Å². The first kappa shape index (κ1) is 12.3. The zero-order valence-corrected chi connectivity index (χ0v) is 12.0. The van der Waals surface area contributed by atoms with Crippen LogP contribution in [0.25, 0.3) is 0 Å². The van der Waals surface area contributed by atoms with E-state index in [-0.39, 0.29) is 6.10 Å². The number of benzene rings is 1. The van der Waals surface area contributed by atoms with E-state index >= 15 is 0 Å². The standard InChI is InChI=1S/C14H18BrNO2/c15-11-4-5-13-14(8-11)18-12(10-17-13)9-16-6-2-1-3-7-16/h4-5,8,12H,1-3,6-7,9-10H2. The minimum Gasteiger partial charge on any atom is -0.486 e. The Bertz CT molecular complexity index is 418. The molecule has 18 heavy (non-hydrogen) atoms. The molecule has 1 aromatic carbocycles. The number of halogens is 1. The lowest BCUT2D eigenvalue weighted by molar-refractivity contribution is 0.0532. The van der Waals surface area contributed by atoms with Crippen molar-refractivity contribution in [2.45, 2.75) is 25.4 Å². The van der Waals surface area contributed by atoms with Crippen LogP contribution < -0.4 is 9.47 Å². The molecule has 0 spiro atoms. The third kappa shape index (κ3) is 2.81. The first-order valence-corrected chi connectivity index (χ1v) is 7.42. The highest BCUT2D eigenvalue weighted by Gasteiger charge is 2.24. The molecule has 2 aliphatic rings. The van der Waals surface area contributed by atoms with Gasteiger partial charge in [-0.05, 0) is 44.1 Å². The molecule has 3 rings (SSSR count). The van der Waals surface area contributed by atoms with Crippen molar-refractivity contribution in [1.29, 1.82) is 0 Å². The third-order valence-corrected chi connectivity index (χ3v) is 4.03. The first-order chi connectivity index (χ1) is 8.81. The summed E-state index contributed by atoms with van der Waals surface area (Å²) in [6.07, 6.45) is 4.16. The van der Waals surface area contributed by atoms with Gasteiger partial charge in [-0.3, -0.25) is 4.90 Å². The van der Waals surface area contributed by atoms with E-state index in [9.17, 15) is 0 Å². The number of rotatable bonds is 2. The lowest BCUT2D eigenvalue weighted by atomic mass is 10.1. The highest BCUT2D eigenvalue weighted by Crippen LogP contribution is 2.34. The van der Waals surface area contributed by atoms with Crippen molar-refractivity contribution < 1.29 is 9.47 Å². The van der Waals surface area contributed by atoms with Crippen molar-refractivity contribution >= 4 is 15.9 Å². The minimum absolute atomic E-state index is 0.157. The van der Waals surface area contributed by atoms with Crippen LogP contribution >= 0.6 is 15.9 Å². The molecule has 2 heterocycles. The lowest BCUT2D eigenvalue weighted by Crippen LogP contribution is -2.42. The van der Waals surface area contributed by atoms with Crippen molar-refractivity contribution in [3.05, 3.63) is 22.7 Å². The molecule has 1 fully saturated rings. The summed E-state index contributed by atoms with van der Waals surface area (Å²) in [4.78, 5) is 2.49. The Morgan fingerprint density at radius 1 is 1.17 bits per heavy atom. The summed E-state index contributed by atoms with van der Waals surface area (Å²) in [5.74, 6) is 1.71. The maximum Gasteiger partial charge on any atom is 0.162 e. The summed E-state index contributed by atoms with van der Waals surface area (Å²) in [5.41, 5.74) is 0. The van der Waals surface area contributed by atoms with Gasteiger partial charge in [0.1, 0.15) is 12.7 Å². The van der Waals surface area contributed by atoms with Gasteiger partial charge < -0.3 is 9.47 Å². The molecule has 0 saturated carbocycles. The minimum atomic E-state index is 0.157. The SMILES string of the molecule is Brc1ccc2c(c1)OC(CN1CCCCC1)CO2. The van der Waals surface area contributed by atoms with E-state index in [0.29, 0.717) is 6.61 Å². The molecule has 1 aromatic rings. The molecule has 98 valence electrons. The predicted molar refractivity (Wildman–Crippen MR) is 74.3 cm³/mol. The molecular weight excluding hydrogens is 294 g/mol. The molecule has 1 unspecified atom stereocenters. The summed E-state index contributed by atoms with van der Waals surface area (Å²) in [6.45, 7) is 4.04. The summed E-state index contributed by atoms with van der Waals surface area (Å²) >= 11 is 3.46. The molecule has 3 nitrogen and oxygen atoms in total. The molecule has 0 bridgehead atoms. The fraction of sp³-hybridized carbons (Fsp3) is 0.571. The molecule has 2 aliphatic heterocycles. The Balaban J connectivity index is 1.63. The van der Waals surface area contributed by atoms with Gasteiger partial charge in [-0.15, -0.1) is 0 Å². The van der Waals surface area contributed by atoms with E-state index in [1.165, 1.54) is 32.4 Å². The van der Waals surface area contributed by atoms with Crippen molar-refractivity contribution in [2.75, 3.05) is 26.2 Å². The Morgan fingerprint density at radius 3 is 2.83 bits per heavy atom. The second kappa shape index (κ2) is 5.49. The van der Waals surface area contributed by atoms with Crippen LogP contribution in [-0.2, 0) is 0 Å². The van der Waals surface area contributed by atoms with E-state index in [1.807, 2.05) is 18.2 Å².